The summed E-state index contributed by atoms with van der Waals surface area (Å²) in [7, 11) is -4.05. The van der Waals surface area contributed by atoms with Crippen LogP contribution in [-0.4, -0.2) is 49.7 Å². The third kappa shape index (κ3) is 3.55. The molecule has 1 amide bonds. The summed E-state index contributed by atoms with van der Waals surface area (Å²) in [6.07, 6.45) is 8.10. The zero-order chi connectivity index (χ0) is 21.1. The van der Waals surface area contributed by atoms with Crippen LogP contribution in [0.3, 0.4) is 0 Å². The summed E-state index contributed by atoms with van der Waals surface area (Å²) in [5.74, 6) is 0.591. The number of piperazine rings is 1. The molecular weight excluding hydrogens is 410 g/mol. The van der Waals surface area contributed by atoms with E-state index >= 15 is 0 Å². The van der Waals surface area contributed by atoms with Crippen molar-refractivity contribution in [1.29, 1.82) is 0 Å². The third-order valence-electron chi connectivity index (χ3n) is 7.79. The maximum atomic E-state index is 14.0. The lowest BCUT2D eigenvalue weighted by Crippen LogP contribution is -2.53. The van der Waals surface area contributed by atoms with E-state index < -0.39 is 26.6 Å². The van der Waals surface area contributed by atoms with E-state index in [9.17, 15) is 22.0 Å². The molecule has 4 saturated carbocycles. The van der Waals surface area contributed by atoms with Crippen LogP contribution in [0.25, 0.3) is 0 Å². The van der Waals surface area contributed by atoms with Gasteiger partial charge in [-0.2, -0.15) is 4.31 Å². The molecule has 4 aliphatic carbocycles. The lowest BCUT2D eigenvalue weighted by Gasteiger charge is -2.57. The van der Waals surface area contributed by atoms with E-state index in [1.54, 1.807) is 4.90 Å². The van der Waals surface area contributed by atoms with Gasteiger partial charge in [0.25, 0.3) is 0 Å². The molecule has 0 atom stereocenters. The van der Waals surface area contributed by atoms with Crippen molar-refractivity contribution >= 4 is 15.9 Å². The molecule has 0 spiro atoms. The second kappa shape index (κ2) is 7.26. The number of amides is 1. The minimum absolute atomic E-state index is 0.127. The number of nitrogens with zero attached hydrogens (tertiary/aromatic N) is 2. The fraction of sp³-hybridized carbons (Fsp3) is 0.682. The zero-order valence-electron chi connectivity index (χ0n) is 17.0. The Kier molecular flexibility index (Phi) is 4.93. The summed E-state index contributed by atoms with van der Waals surface area (Å²) in [6.45, 7) is 0.887. The Hall–Kier alpha value is -1.54. The zero-order valence-corrected chi connectivity index (χ0v) is 17.8. The molecule has 164 valence electrons. The molecule has 0 radical (unpaired) electrons. The van der Waals surface area contributed by atoms with Crippen LogP contribution in [0.15, 0.2) is 23.1 Å². The minimum atomic E-state index is -4.05. The van der Waals surface area contributed by atoms with Crippen LogP contribution in [0.2, 0.25) is 0 Å². The number of carbonyl (C=O) groups excluding carboxylic acids is 1. The van der Waals surface area contributed by atoms with E-state index in [0.29, 0.717) is 25.6 Å². The molecule has 5 aliphatic rings. The van der Waals surface area contributed by atoms with E-state index in [2.05, 4.69) is 0 Å². The third-order valence-corrected chi connectivity index (χ3v) is 9.73. The molecule has 0 unspecified atom stereocenters. The average molecular weight is 439 g/mol. The molecule has 1 saturated heterocycles. The fourth-order valence-corrected chi connectivity index (χ4v) is 8.41. The number of carbonyl (C=O) groups is 1. The van der Waals surface area contributed by atoms with Crippen LogP contribution in [0, 0.1) is 34.8 Å². The van der Waals surface area contributed by atoms with Gasteiger partial charge in [-0.1, -0.05) is 0 Å². The molecule has 30 heavy (non-hydrogen) atoms. The number of benzene rings is 1. The second-order valence-electron chi connectivity index (χ2n) is 9.95. The van der Waals surface area contributed by atoms with E-state index in [0.717, 1.165) is 29.9 Å². The quantitative estimate of drug-likeness (QED) is 0.724. The molecule has 1 heterocycles. The number of sulfonamides is 1. The largest absolute Gasteiger partial charge is 0.340 e. The van der Waals surface area contributed by atoms with Gasteiger partial charge in [0.05, 0.1) is 0 Å². The Bertz CT molecular complexity index is 922. The van der Waals surface area contributed by atoms with Gasteiger partial charge in [0.1, 0.15) is 16.5 Å². The molecule has 0 aromatic heterocycles. The molecule has 6 rings (SSSR count). The lowest BCUT2D eigenvalue weighted by molar-refractivity contribution is -0.140. The Labute approximate surface area is 176 Å². The number of hydrogen-bond acceptors (Lipinski definition) is 3. The minimum Gasteiger partial charge on any atom is -0.340 e. The van der Waals surface area contributed by atoms with Gasteiger partial charge in [-0.3, -0.25) is 4.79 Å². The van der Waals surface area contributed by atoms with Crippen molar-refractivity contribution in [3.63, 3.8) is 0 Å². The van der Waals surface area contributed by atoms with Crippen LogP contribution in [0.5, 0.6) is 0 Å². The Morgan fingerprint density at radius 3 is 2.07 bits per heavy atom. The molecule has 5 nitrogen and oxygen atoms in total. The SMILES string of the molecule is O=C(CC12CC3CC(CC(C3)C1)C2)N1CCN(S(=O)(=O)c2ccc(F)cc2F)CC1. The fourth-order valence-electron chi connectivity index (χ4n) is 6.94. The molecule has 4 bridgehead atoms. The highest BCUT2D eigenvalue weighted by Gasteiger charge is 2.51. The van der Waals surface area contributed by atoms with Gasteiger partial charge >= 0.3 is 0 Å². The summed E-state index contributed by atoms with van der Waals surface area (Å²) in [6, 6.07) is 2.49. The first-order chi connectivity index (χ1) is 14.2. The van der Waals surface area contributed by atoms with Crippen molar-refractivity contribution in [2.24, 2.45) is 23.2 Å². The van der Waals surface area contributed by atoms with Gasteiger partial charge < -0.3 is 4.90 Å². The van der Waals surface area contributed by atoms with Gasteiger partial charge in [-0.15, -0.1) is 0 Å². The summed E-state index contributed by atoms with van der Waals surface area (Å²) in [5, 5.41) is 0. The van der Waals surface area contributed by atoms with E-state index in [1.165, 1.54) is 42.8 Å². The summed E-state index contributed by atoms with van der Waals surface area (Å²) >= 11 is 0. The molecule has 8 heteroatoms. The molecule has 1 aliphatic heterocycles. The first-order valence-electron chi connectivity index (χ1n) is 11.0. The first kappa shape index (κ1) is 20.4. The van der Waals surface area contributed by atoms with E-state index in [1.807, 2.05) is 0 Å². The molecule has 1 aromatic carbocycles. The standard InChI is InChI=1S/C22H28F2N2O3S/c23-18-1-2-20(19(24)10-18)30(28,29)26-5-3-25(4-6-26)21(27)14-22-11-15-7-16(12-22)9-17(8-15)13-22/h1-2,10,15-17H,3-9,11-14H2. The van der Waals surface area contributed by atoms with Gasteiger partial charge in [0.15, 0.2) is 0 Å². The smallest absolute Gasteiger partial charge is 0.246 e. The van der Waals surface area contributed by atoms with Crippen molar-refractivity contribution in [3.05, 3.63) is 29.8 Å². The van der Waals surface area contributed by atoms with Gasteiger partial charge in [0.2, 0.25) is 15.9 Å². The predicted octanol–water partition coefficient (Wildman–Crippen LogP) is 3.40. The normalized spacial score (nSPS) is 33.8. The highest BCUT2D eigenvalue weighted by atomic mass is 32.2. The maximum absolute atomic E-state index is 14.0. The van der Waals surface area contributed by atoms with Crippen molar-refractivity contribution in [2.75, 3.05) is 26.2 Å². The molecule has 5 fully saturated rings. The van der Waals surface area contributed by atoms with E-state index in [4.69, 9.17) is 0 Å². The van der Waals surface area contributed by atoms with Crippen LogP contribution in [-0.2, 0) is 14.8 Å². The summed E-state index contributed by atoms with van der Waals surface area (Å²) in [5.41, 5.74) is 0.159. The highest BCUT2D eigenvalue weighted by molar-refractivity contribution is 7.89. The number of halogens is 2. The Morgan fingerprint density at radius 2 is 1.53 bits per heavy atom. The van der Waals surface area contributed by atoms with E-state index in [-0.39, 0.29) is 24.4 Å². The van der Waals surface area contributed by atoms with Crippen molar-refractivity contribution < 1.29 is 22.0 Å². The van der Waals surface area contributed by atoms with Crippen molar-refractivity contribution in [2.45, 2.75) is 49.8 Å². The Morgan fingerprint density at radius 1 is 0.967 bits per heavy atom. The summed E-state index contributed by atoms with van der Waals surface area (Å²) < 4.78 is 53.8. The summed E-state index contributed by atoms with van der Waals surface area (Å²) in [4.78, 5) is 14.3. The number of hydrogen-bond donors (Lipinski definition) is 0. The molecule has 0 N–H and O–H groups in total. The van der Waals surface area contributed by atoms with Crippen molar-refractivity contribution in [3.8, 4) is 0 Å². The highest BCUT2D eigenvalue weighted by Crippen LogP contribution is 2.61. The van der Waals surface area contributed by atoms with Crippen molar-refractivity contribution in [1.82, 2.24) is 9.21 Å². The first-order valence-corrected chi connectivity index (χ1v) is 12.4. The van der Waals surface area contributed by atoms with Crippen LogP contribution >= 0.6 is 0 Å². The van der Waals surface area contributed by atoms with Gasteiger partial charge in [-0.05, 0) is 73.8 Å². The molecular formula is C22H28F2N2O3S. The van der Waals surface area contributed by atoms with Gasteiger partial charge in [0, 0.05) is 38.7 Å². The lowest BCUT2D eigenvalue weighted by atomic mass is 9.49. The predicted molar refractivity (Wildman–Crippen MR) is 107 cm³/mol. The van der Waals surface area contributed by atoms with Crippen LogP contribution in [0.4, 0.5) is 8.78 Å². The monoisotopic (exact) mass is 438 g/mol. The topological polar surface area (TPSA) is 57.7 Å². The second-order valence-corrected chi connectivity index (χ2v) is 11.9. The Balaban J connectivity index is 1.22. The van der Waals surface area contributed by atoms with Crippen LogP contribution < -0.4 is 0 Å². The van der Waals surface area contributed by atoms with Crippen LogP contribution in [0.1, 0.15) is 44.9 Å². The molecule has 1 aromatic rings. The average Bonchev–Trinajstić information content (AvgIpc) is 2.66. The maximum Gasteiger partial charge on any atom is 0.246 e. The van der Waals surface area contributed by atoms with Gasteiger partial charge in [-0.25, -0.2) is 17.2 Å². The number of rotatable bonds is 4.